The van der Waals surface area contributed by atoms with Crippen LogP contribution in [-0.4, -0.2) is 49.0 Å². The first kappa shape index (κ1) is 23.2. The van der Waals surface area contributed by atoms with Crippen molar-refractivity contribution in [1.29, 1.82) is 0 Å². The van der Waals surface area contributed by atoms with Crippen LogP contribution in [-0.2, 0) is 14.8 Å². The molecule has 3 heterocycles. The van der Waals surface area contributed by atoms with Crippen LogP contribution in [0.4, 0.5) is 11.5 Å². The minimum Gasteiger partial charge on any atom is -0.379 e. The number of sulfonamides is 1. The molecule has 1 aliphatic heterocycles. The van der Waals surface area contributed by atoms with E-state index in [0.717, 1.165) is 21.3 Å². The minimum atomic E-state index is -3.66. The van der Waals surface area contributed by atoms with Crippen molar-refractivity contribution in [2.45, 2.75) is 18.7 Å². The first-order chi connectivity index (χ1) is 16.3. The van der Waals surface area contributed by atoms with E-state index in [1.54, 1.807) is 12.1 Å². The monoisotopic (exact) mass is 514 g/mol. The first-order valence-corrected chi connectivity index (χ1v) is 13.5. The molecular weight excluding hydrogens is 492 g/mol. The number of aromatic nitrogens is 2. The number of anilines is 2. The van der Waals surface area contributed by atoms with Crippen molar-refractivity contribution in [3.63, 3.8) is 0 Å². The maximum atomic E-state index is 13.1. The molecule has 7 nitrogen and oxygen atoms in total. The van der Waals surface area contributed by atoms with Crippen LogP contribution in [0.2, 0.25) is 5.02 Å². The summed E-state index contributed by atoms with van der Waals surface area (Å²) in [5.41, 5.74) is 4.98. The highest BCUT2D eigenvalue weighted by molar-refractivity contribution is 7.89. The average molecular weight is 515 g/mol. The van der Waals surface area contributed by atoms with E-state index in [-0.39, 0.29) is 4.90 Å². The van der Waals surface area contributed by atoms with E-state index < -0.39 is 10.0 Å². The topological polar surface area (TPSA) is 84.4 Å². The molecular formula is C24H23ClN4O3S2. The summed E-state index contributed by atoms with van der Waals surface area (Å²) in [6.45, 7) is 5.60. The number of hydrogen-bond donors (Lipinski definition) is 1. The Balaban J connectivity index is 1.55. The third-order valence-corrected chi connectivity index (χ3v) is 9.10. The number of hydrogen-bond acceptors (Lipinski definition) is 7. The zero-order chi connectivity index (χ0) is 23.9. The fourth-order valence-corrected chi connectivity index (χ4v) is 6.43. The van der Waals surface area contributed by atoms with E-state index in [2.05, 4.69) is 52.7 Å². The molecule has 34 heavy (non-hydrogen) atoms. The molecule has 0 radical (unpaired) electrons. The molecule has 5 rings (SSSR count). The minimum absolute atomic E-state index is 0.173. The van der Waals surface area contributed by atoms with Crippen molar-refractivity contribution in [2.75, 3.05) is 31.6 Å². The number of fused-ring (bicyclic) bond motifs is 1. The van der Waals surface area contributed by atoms with Gasteiger partial charge in [0, 0.05) is 24.0 Å². The van der Waals surface area contributed by atoms with E-state index in [4.69, 9.17) is 16.3 Å². The molecule has 10 heteroatoms. The van der Waals surface area contributed by atoms with Crippen molar-refractivity contribution < 1.29 is 13.2 Å². The molecule has 2 aromatic heterocycles. The van der Waals surface area contributed by atoms with Gasteiger partial charge in [0.05, 0.1) is 34.2 Å². The summed E-state index contributed by atoms with van der Waals surface area (Å²) >= 11 is 8.01. The van der Waals surface area contributed by atoms with Crippen LogP contribution in [0.5, 0.6) is 0 Å². The largest absolute Gasteiger partial charge is 0.379 e. The number of aryl methyl sites for hydroxylation is 2. The molecule has 4 aromatic rings. The zero-order valence-electron chi connectivity index (χ0n) is 18.7. The molecule has 2 aromatic carbocycles. The molecule has 0 spiro atoms. The standard InChI is InChI=1S/C24H23ClN4O3S2/c1-15-3-4-17(11-16(15)2)19-13-33-24-22(19)23(26-14-27-24)28-21-12-18(5-6-20(21)25)34(30,31)29-7-9-32-10-8-29/h3-6,11-14H,7-10H2,1-2H3,(H,26,27,28). The lowest BCUT2D eigenvalue weighted by atomic mass is 10.0. The maximum Gasteiger partial charge on any atom is 0.243 e. The summed E-state index contributed by atoms with van der Waals surface area (Å²) in [4.78, 5) is 9.91. The third kappa shape index (κ3) is 4.30. The SMILES string of the molecule is Cc1ccc(-c2csc3ncnc(Nc4cc(S(=O)(=O)N5CCOCC5)ccc4Cl)c23)cc1C. The summed E-state index contributed by atoms with van der Waals surface area (Å²) < 4.78 is 33.0. The number of benzene rings is 2. The Morgan fingerprint density at radius 3 is 2.62 bits per heavy atom. The number of halogens is 1. The van der Waals surface area contributed by atoms with Gasteiger partial charge in [0.2, 0.25) is 10.0 Å². The quantitative estimate of drug-likeness (QED) is 0.384. The maximum absolute atomic E-state index is 13.1. The Morgan fingerprint density at radius 2 is 1.85 bits per heavy atom. The summed E-state index contributed by atoms with van der Waals surface area (Å²) in [7, 11) is -3.66. The smallest absolute Gasteiger partial charge is 0.243 e. The first-order valence-electron chi connectivity index (χ1n) is 10.8. The molecule has 0 atom stereocenters. The Kier molecular flexibility index (Phi) is 6.30. The molecule has 0 aliphatic carbocycles. The number of rotatable bonds is 5. The summed E-state index contributed by atoms with van der Waals surface area (Å²) in [5, 5.41) is 6.60. The number of thiophene rings is 1. The number of nitrogens with one attached hydrogen (secondary N) is 1. The second-order valence-corrected chi connectivity index (χ2v) is 11.3. The van der Waals surface area contributed by atoms with Gasteiger partial charge in [-0.1, -0.05) is 29.8 Å². The summed E-state index contributed by atoms with van der Waals surface area (Å²) in [6.07, 6.45) is 1.49. The van der Waals surface area contributed by atoms with Gasteiger partial charge in [-0.15, -0.1) is 11.3 Å². The Bertz CT molecular complexity index is 1480. The number of morpholine rings is 1. The average Bonchev–Trinajstić information content (AvgIpc) is 3.28. The Morgan fingerprint density at radius 1 is 1.06 bits per heavy atom. The van der Waals surface area contributed by atoms with E-state index in [9.17, 15) is 8.42 Å². The van der Waals surface area contributed by atoms with Crippen LogP contribution >= 0.6 is 22.9 Å². The van der Waals surface area contributed by atoms with Crippen LogP contribution in [0.15, 0.2) is 53.0 Å². The fourth-order valence-electron chi connectivity index (χ4n) is 3.92. The zero-order valence-corrected chi connectivity index (χ0v) is 21.1. The number of ether oxygens (including phenoxy) is 1. The predicted octanol–water partition coefficient (Wildman–Crippen LogP) is 5.39. The second kappa shape index (κ2) is 9.24. The molecule has 1 saturated heterocycles. The fraction of sp³-hybridized carbons (Fsp3) is 0.250. The van der Waals surface area contributed by atoms with Gasteiger partial charge in [-0.25, -0.2) is 18.4 Å². The molecule has 0 unspecified atom stereocenters. The highest BCUT2D eigenvalue weighted by Gasteiger charge is 2.27. The number of nitrogens with zero attached hydrogens (tertiary/aromatic N) is 3. The van der Waals surface area contributed by atoms with Crippen molar-refractivity contribution in [3.05, 3.63) is 64.3 Å². The van der Waals surface area contributed by atoms with Gasteiger partial charge < -0.3 is 10.1 Å². The van der Waals surface area contributed by atoms with Crippen LogP contribution in [0.1, 0.15) is 11.1 Å². The molecule has 0 amide bonds. The van der Waals surface area contributed by atoms with E-state index in [1.807, 2.05) is 0 Å². The summed E-state index contributed by atoms with van der Waals surface area (Å²) in [6, 6.07) is 11.0. The normalized spacial score (nSPS) is 15.0. The molecule has 1 aliphatic rings. The van der Waals surface area contributed by atoms with E-state index in [0.29, 0.717) is 42.8 Å². The van der Waals surface area contributed by atoms with Gasteiger partial charge in [0.15, 0.2) is 0 Å². The second-order valence-electron chi connectivity index (χ2n) is 8.13. The van der Waals surface area contributed by atoms with Crippen LogP contribution < -0.4 is 5.32 Å². The van der Waals surface area contributed by atoms with Crippen molar-refractivity contribution in [1.82, 2.24) is 14.3 Å². The summed E-state index contributed by atoms with van der Waals surface area (Å²) in [5.74, 6) is 0.572. The van der Waals surface area contributed by atoms with E-state index >= 15 is 0 Å². The Hall–Kier alpha value is -2.56. The van der Waals surface area contributed by atoms with Crippen molar-refractivity contribution in [2.24, 2.45) is 0 Å². The van der Waals surface area contributed by atoms with Crippen LogP contribution in [0.25, 0.3) is 21.3 Å². The molecule has 176 valence electrons. The highest BCUT2D eigenvalue weighted by Crippen LogP contribution is 2.39. The molecule has 1 N–H and O–H groups in total. The predicted molar refractivity (Wildman–Crippen MR) is 137 cm³/mol. The van der Waals surface area contributed by atoms with Crippen molar-refractivity contribution in [3.8, 4) is 11.1 Å². The van der Waals surface area contributed by atoms with E-state index in [1.165, 1.54) is 39.2 Å². The lowest BCUT2D eigenvalue weighted by Crippen LogP contribution is -2.40. The third-order valence-electron chi connectivity index (χ3n) is 5.99. The van der Waals surface area contributed by atoms with Gasteiger partial charge in [-0.3, -0.25) is 0 Å². The molecule has 0 bridgehead atoms. The highest BCUT2D eigenvalue weighted by atomic mass is 35.5. The van der Waals surface area contributed by atoms with Crippen LogP contribution in [0.3, 0.4) is 0 Å². The van der Waals surface area contributed by atoms with Gasteiger partial charge in [0.25, 0.3) is 0 Å². The molecule has 0 saturated carbocycles. The molecule has 1 fully saturated rings. The van der Waals surface area contributed by atoms with Gasteiger partial charge in [-0.2, -0.15) is 4.31 Å². The van der Waals surface area contributed by atoms with Crippen molar-refractivity contribution >= 4 is 54.7 Å². The van der Waals surface area contributed by atoms with Crippen LogP contribution in [0, 0.1) is 13.8 Å². The van der Waals surface area contributed by atoms with Gasteiger partial charge in [0.1, 0.15) is 17.0 Å². The lowest BCUT2D eigenvalue weighted by Gasteiger charge is -2.26. The Labute approximate surface area is 207 Å². The van der Waals surface area contributed by atoms with Gasteiger partial charge in [-0.05, 0) is 48.7 Å². The van der Waals surface area contributed by atoms with Gasteiger partial charge >= 0.3 is 0 Å². The lowest BCUT2D eigenvalue weighted by molar-refractivity contribution is 0.0730.